The minimum absolute atomic E-state index is 0.223. The van der Waals surface area contributed by atoms with Gasteiger partial charge in [0.15, 0.2) is 17.2 Å². The third-order valence-corrected chi connectivity index (χ3v) is 6.61. The third-order valence-electron chi connectivity index (χ3n) is 6.25. The number of nitrogens with zero attached hydrogens (tertiary/aromatic N) is 7. The van der Waals surface area contributed by atoms with Crippen LogP contribution < -0.4 is 21.3 Å². The van der Waals surface area contributed by atoms with Crippen molar-refractivity contribution in [1.82, 2.24) is 34.1 Å². The summed E-state index contributed by atoms with van der Waals surface area (Å²) < 4.78 is 9.26. The Morgan fingerprint density at radius 3 is 2.74 bits per heavy atom. The summed E-state index contributed by atoms with van der Waals surface area (Å²) in [5.41, 5.74) is 9.04. The van der Waals surface area contributed by atoms with Crippen LogP contribution in [0.15, 0.2) is 72.6 Å². The van der Waals surface area contributed by atoms with E-state index in [1.807, 2.05) is 18.3 Å². The Morgan fingerprint density at radius 1 is 1.18 bits per heavy atom. The van der Waals surface area contributed by atoms with Gasteiger partial charge < -0.3 is 20.4 Å². The molecule has 0 aliphatic heterocycles. The first-order valence-corrected chi connectivity index (χ1v) is 12.2. The van der Waals surface area contributed by atoms with Crippen LogP contribution in [0.3, 0.4) is 0 Å². The van der Waals surface area contributed by atoms with E-state index in [2.05, 4.69) is 30.2 Å². The van der Waals surface area contributed by atoms with E-state index in [1.165, 1.54) is 24.8 Å². The standard InChI is InChI=1S/C26H22ClN9O2/c1-35-23-22(27)21(38-20(10-28)19-12-30-7-8-31-19)13-32-24(23)34-26(35)33-18-9-16(15-4-5-15)14-36(25(18)37)17-3-2-6-29-11-17/h2-3,6-15H,4-5,28H2,1H3,(H,32,33,34). The van der Waals surface area contributed by atoms with Crippen molar-refractivity contribution in [3.05, 3.63) is 94.4 Å². The number of nitrogens with two attached hydrogens (primary N) is 1. The number of aryl methyl sites for hydroxylation is 1. The number of halogens is 1. The Hall–Kier alpha value is -4.77. The zero-order valence-corrected chi connectivity index (χ0v) is 21.0. The van der Waals surface area contributed by atoms with Crippen molar-refractivity contribution < 1.29 is 4.74 Å². The van der Waals surface area contributed by atoms with E-state index in [1.54, 1.807) is 40.8 Å². The van der Waals surface area contributed by atoms with Gasteiger partial charge in [0.05, 0.1) is 24.3 Å². The Bertz CT molecular complexity index is 1730. The van der Waals surface area contributed by atoms with Gasteiger partial charge in [-0.1, -0.05) is 11.6 Å². The summed E-state index contributed by atoms with van der Waals surface area (Å²) >= 11 is 6.73. The fraction of sp³-hybridized carbons (Fsp3) is 0.154. The lowest BCUT2D eigenvalue weighted by atomic mass is 10.1. The van der Waals surface area contributed by atoms with Gasteiger partial charge in [0.25, 0.3) is 5.56 Å². The number of hydrogen-bond acceptors (Lipinski definition) is 9. The van der Waals surface area contributed by atoms with Crippen molar-refractivity contribution in [3.8, 4) is 11.4 Å². The van der Waals surface area contributed by atoms with Gasteiger partial charge in [-0.3, -0.25) is 19.3 Å². The minimum Gasteiger partial charge on any atom is -0.450 e. The highest BCUT2D eigenvalue weighted by molar-refractivity contribution is 6.36. The summed E-state index contributed by atoms with van der Waals surface area (Å²) in [7, 11) is 1.78. The average molecular weight is 528 g/mol. The van der Waals surface area contributed by atoms with Crippen molar-refractivity contribution in [2.75, 3.05) is 5.32 Å². The average Bonchev–Trinajstić information content (AvgIpc) is 3.75. The summed E-state index contributed by atoms with van der Waals surface area (Å²) in [6.07, 6.45) is 14.8. The Morgan fingerprint density at radius 2 is 2.03 bits per heavy atom. The molecule has 1 aliphatic carbocycles. The molecule has 0 unspecified atom stereocenters. The van der Waals surface area contributed by atoms with Crippen LogP contribution in [0.4, 0.5) is 11.6 Å². The highest BCUT2D eigenvalue weighted by Crippen LogP contribution is 2.41. The van der Waals surface area contributed by atoms with E-state index in [0.29, 0.717) is 40.1 Å². The van der Waals surface area contributed by atoms with E-state index in [-0.39, 0.29) is 22.1 Å². The van der Waals surface area contributed by atoms with E-state index < -0.39 is 0 Å². The predicted octanol–water partition coefficient (Wildman–Crippen LogP) is 3.91. The van der Waals surface area contributed by atoms with Gasteiger partial charge in [0.2, 0.25) is 5.95 Å². The molecule has 6 rings (SSSR count). The molecule has 0 bridgehead atoms. The lowest BCUT2D eigenvalue weighted by Crippen LogP contribution is -2.22. The molecule has 0 saturated heterocycles. The molecule has 1 fully saturated rings. The minimum atomic E-state index is -0.223. The maximum Gasteiger partial charge on any atom is 0.278 e. The highest BCUT2D eigenvalue weighted by atomic mass is 35.5. The van der Waals surface area contributed by atoms with Crippen LogP contribution >= 0.6 is 11.6 Å². The topological polar surface area (TPSA) is 139 Å². The van der Waals surface area contributed by atoms with Crippen LogP contribution in [0.5, 0.6) is 5.75 Å². The molecule has 5 aromatic rings. The van der Waals surface area contributed by atoms with Gasteiger partial charge in [-0.2, -0.15) is 4.98 Å². The van der Waals surface area contributed by atoms with E-state index >= 15 is 0 Å². The van der Waals surface area contributed by atoms with Crippen molar-refractivity contribution in [3.63, 3.8) is 0 Å². The molecule has 11 nitrogen and oxygen atoms in total. The second-order valence-electron chi connectivity index (χ2n) is 8.80. The molecule has 38 heavy (non-hydrogen) atoms. The van der Waals surface area contributed by atoms with E-state index in [0.717, 1.165) is 18.4 Å². The van der Waals surface area contributed by atoms with Gasteiger partial charge in [-0.05, 0) is 42.5 Å². The first-order valence-electron chi connectivity index (χ1n) is 11.8. The normalized spacial score (nSPS) is 13.6. The molecular formula is C26H22ClN9O2. The second-order valence-corrected chi connectivity index (χ2v) is 9.18. The molecule has 3 N–H and O–H groups in total. The first-order chi connectivity index (χ1) is 18.5. The van der Waals surface area contributed by atoms with Crippen LogP contribution in [0, 0.1) is 0 Å². The summed E-state index contributed by atoms with van der Waals surface area (Å²) in [4.78, 5) is 34.8. The number of imidazole rings is 1. The molecule has 0 aromatic carbocycles. The molecule has 0 spiro atoms. The van der Waals surface area contributed by atoms with Gasteiger partial charge in [-0.25, -0.2) is 9.97 Å². The Balaban J connectivity index is 1.38. The Labute approximate surface area is 221 Å². The zero-order chi connectivity index (χ0) is 26.2. The third kappa shape index (κ3) is 4.33. The van der Waals surface area contributed by atoms with Gasteiger partial charge in [0.1, 0.15) is 21.9 Å². The molecule has 0 atom stereocenters. The maximum atomic E-state index is 13.5. The van der Waals surface area contributed by atoms with Crippen LogP contribution in [0.25, 0.3) is 22.6 Å². The molecule has 5 aromatic heterocycles. The van der Waals surface area contributed by atoms with E-state index in [4.69, 9.17) is 22.1 Å². The summed E-state index contributed by atoms with van der Waals surface area (Å²) in [6.45, 7) is 0. The van der Waals surface area contributed by atoms with Crippen LogP contribution in [0.2, 0.25) is 5.02 Å². The molecule has 0 radical (unpaired) electrons. The maximum absolute atomic E-state index is 13.5. The molecule has 1 aliphatic rings. The zero-order valence-electron chi connectivity index (χ0n) is 20.2. The van der Waals surface area contributed by atoms with Crippen molar-refractivity contribution in [2.45, 2.75) is 18.8 Å². The molecule has 1 saturated carbocycles. The number of rotatable bonds is 7. The Kier molecular flexibility index (Phi) is 5.97. The number of pyridine rings is 3. The largest absolute Gasteiger partial charge is 0.450 e. The number of aromatic nitrogens is 7. The summed E-state index contributed by atoms with van der Waals surface area (Å²) in [6, 6.07) is 5.53. The van der Waals surface area contributed by atoms with Gasteiger partial charge in [0, 0.05) is 38.0 Å². The van der Waals surface area contributed by atoms with Crippen LogP contribution in [-0.2, 0) is 7.05 Å². The van der Waals surface area contributed by atoms with Crippen LogP contribution in [-0.4, -0.2) is 34.1 Å². The number of hydrogen-bond donors (Lipinski definition) is 2. The lowest BCUT2D eigenvalue weighted by Gasteiger charge is -2.13. The SMILES string of the molecule is Cn1c(Nc2cc(C3CC3)cn(-c3cccnc3)c2=O)nc2ncc(OC(=CN)c3cnccn3)c(Cl)c21. The highest BCUT2D eigenvalue weighted by Gasteiger charge is 2.26. The monoisotopic (exact) mass is 527 g/mol. The van der Waals surface area contributed by atoms with Crippen LogP contribution in [0.1, 0.15) is 30.0 Å². The molecular weight excluding hydrogens is 506 g/mol. The first kappa shape index (κ1) is 23.6. The summed E-state index contributed by atoms with van der Waals surface area (Å²) in [5.74, 6) is 1.37. The fourth-order valence-electron chi connectivity index (χ4n) is 4.15. The smallest absolute Gasteiger partial charge is 0.278 e. The lowest BCUT2D eigenvalue weighted by molar-refractivity contribution is 0.509. The number of anilines is 2. The molecule has 190 valence electrons. The van der Waals surface area contributed by atoms with E-state index in [9.17, 15) is 4.79 Å². The van der Waals surface area contributed by atoms with Gasteiger partial charge >= 0.3 is 0 Å². The van der Waals surface area contributed by atoms with Gasteiger partial charge in [-0.15, -0.1) is 0 Å². The predicted molar refractivity (Wildman–Crippen MR) is 143 cm³/mol. The fourth-order valence-corrected chi connectivity index (χ4v) is 4.45. The number of ether oxygens (including phenoxy) is 1. The quantitative estimate of drug-likeness (QED) is 0.301. The van der Waals surface area contributed by atoms with Crippen molar-refractivity contribution in [2.24, 2.45) is 12.8 Å². The molecule has 0 amide bonds. The summed E-state index contributed by atoms with van der Waals surface area (Å²) in [5, 5.41) is 3.48. The van der Waals surface area contributed by atoms with Crippen molar-refractivity contribution in [1.29, 1.82) is 0 Å². The number of nitrogens with one attached hydrogen (secondary N) is 1. The molecule has 12 heteroatoms. The number of fused-ring (bicyclic) bond motifs is 1. The second kappa shape index (κ2) is 9.60. The molecule has 5 heterocycles. The van der Waals surface area contributed by atoms with Crippen molar-refractivity contribution >= 4 is 40.2 Å².